The number of nitrogens with one attached hydrogen (secondary N) is 2. The van der Waals surface area contributed by atoms with Gasteiger partial charge in [-0.2, -0.15) is 0 Å². The van der Waals surface area contributed by atoms with E-state index in [1.165, 1.54) is 36.8 Å². The number of carbonyl (C=O) groups is 1. The van der Waals surface area contributed by atoms with Crippen molar-refractivity contribution < 1.29 is 4.79 Å². The second kappa shape index (κ2) is 6.18. The molecule has 1 aromatic rings. The molecule has 0 bridgehead atoms. The Labute approximate surface area is 127 Å². The first-order valence-electron chi connectivity index (χ1n) is 8.27. The van der Waals surface area contributed by atoms with Crippen molar-refractivity contribution in [3.05, 3.63) is 34.9 Å². The normalized spacial score (nSPS) is 26.9. The first-order valence-corrected chi connectivity index (χ1v) is 8.27. The van der Waals surface area contributed by atoms with Gasteiger partial charge in [0.05, 0.1) is 0 Å². The minimum atomic E-state index is 0.0882. The molecule has 0 aromatic heterocycles. The maximum atomic E-state index is 12.0. The van der Waals surface area contributed by atoms with Gasteiger partial charge >= 0.3 is 0 Å². The van der Waals surface area contributed by atoms with Crippen LogP contribution in [0.25, 0.3) is 0 Å². The minimum Gasteiger partial charge on any atom is -0.352 e. The lowest BCUT2D eigenvalue weighted by molar-refractivity contribution is 0.0945. The van der Waals surface area contributed by atoms with E-state index < -0.39 is 0 Å². The molecule has 1 amide bonds. The Balaban J connectivity index is 1.84. The highest BCUT2D eigenvalue weighted by molar-refractivity contribution is 5.96. The third kappa shape index (κ3) is 2.98. The molecule has 1 aromatic carbocycles. The molecule has 1 aliphatic heterocycles. The summed E-state index contributed by atoms with van der Waals surface area (Å²) < 4.78 is 0. The van der Waals surface area contributed by atoms with Gasteiger partial charge in [0.1, 0.15) is 0 Å². The molecule has 2 aliphatic rings. The summed E-state index contributed by atoms with van der Waals surface area (Å²) in [7, 11) is 2.04. The van der Waals surface area contributed by atoms with Crippen LogP contribution in [0.15, 0.2) is 18.2 Å². The third-order valence-electron chi connectivity index (χ3n) is 5.26. The van der Waals surface area contributed by atoms with Gasteiger partial charge in [-0.25, -0.2) is 0 Å². The van der Waals surface area contributed by atoms with Crippen molar-refractivity contribution in [2.24, 2.45) is 11.8 Å². The maximum Gasteiger partial charge on any atom is 0.251 e. The number of hydrogen-bond acceptors (Lipinski definition) is 2. The Hall–Kier alpha value is -1.35. The molecule has 0 spiro atoms. The van der Waals surface area contributed by atoms with Crippen molar-refractivity contribution in [2.45, 2.75) is 45.1 Å². The van der Waals surface area contributed by atoms with E-state index >= 15 is 0 Å². The number of amides is 1. The van der Waals surface area contributed by atoms with Crippen LogP contribution >= 0.6 is 0 Å². The van der Waals surface area contributed by atoms with E-state index in [1.54, 1.807) is 0 Å². The fraction of sp³-hybridized carbons (Fsp3) is 0.611. The molecule has 1 fully saturated rings. The molecule has 0 radical (unpaired) electrons. The van der Waals surface area contributed by atoms with Gasteiger partial charge in [-0.15, -0.1) is 0 Å². The molecule has 1 atom stereocenters. The largest absolute Gasteiger partial charge is 0.352 e. The van der Waals surface area contributed by atoms with Gasteiger partial charge in [0.15, 0.2) is 0 Å². The molecule has 1 aliphatic carbocycles. The van der Waals surface area contributed by atoms with Gasteiger partial charge in [-0.05, 0) is 55.3 Å². The molecule has 0 saturated heterocycles. The van der Waals surface area contributed by atoms with Crippen LogP contribution < -0.4 is 10.6 Å². The van der Waals surface area contributed by atoms with Gasteiger partial charge in [0.2, 0.25) is 0 Å². The number of carbonyl (C=O) groups excluding carboxylic acids is 1. The summed E-state index contributed by atoms with van der Waals surface area (Å²) in [5.74, 6) is 1.65. The molecule has 1 heterocycles. The van der Waals surface area contributed by atoms with Crippen LogP contribution in [-0.4, -0.2) is 19.5 Å². The summed E-state index contributed by atoms with van der Waals surface area (Å²) in [5.41, 5.74) is 3.34. The zero-order valence-corrected chi connectivity index (χ0v) is 13.1. The third-order valence-corrected chi connectivity index (χ3v) is 5.26. The van der Waals surface area contributed by atoms with E-state index in [9.17, 15) is 4.79 Å². The predicted octanol–water partition coefficient (Wildman–Crippen LogP) is 3.06. The van der Waals surface area contributed by atoms with Crippen molar-refractivity contribution in [2.75, 3.05) is 13.6 Å². The lowest BCUT2D eigenvalue weighted by Gasteiger charge is -2.33. The molecule has 21 heavy (non-hydrogen) atoms. The Morgan fingerprint density at radius 1 is 1.24 bits per heavy atom. The minimum absolute atomic E-state index is 0.0882. The van der Waals surface area contributed by atoms with E-state index in [2.05, 4.69) is 35.8 Å². The molecule has 114 valence electrons. The summed E-state index contributed by atoms with van der Waals surface area (Å²) in [6.45, 7) is 3.12. The van der Waals surface area contributed by atoms with E-state index in [0.29, 0.717) is 12.0 Å². The molecule has 3 rings (SSSR count). The number of rotatable bonds is 3. The van der Waals surface area contributed by atoms with Crippen LogP contribution in [0.5, 0.6) is 0 Å². The highest BCUT2D eigenvalue weighted by Gasteiger charge is 2.27. The highest BCUT2D eigenvalue weighted by atomic mass is 16.1. The van der Waals surface area contributed by atoms with Gasteiger partial charge in [0.25, 0.3) is 5.91 Å². The Morgan fingerprint density at radius 2 is 2.00 bits per heavy atom. The quantitative estimate of drug-likeness (QED) is 0.896. The average Bonchev–Trinajstić information content (AvgIpc) is 2.51. The van der Waals surface area contributed by atoms with Gasteiger partial charge in [-0.3, -0.25) is 4.79 Å². The topological polar surface area (TPSA) is 41.1 Å². The molecule has 1 saturated carbocycles. The summed E-state index contributed by atoms with van der Waals surface area (Å²) in [4.78, 5) is 12.0. The van der Waals surface area contributed by atoms with E-state index in [0.717, 1.165) is 24.4 Å². The fourth-order valence-corrected chi connectivity index (χ4v) is 3.92. The van der Waals surface area contributed by atoms with E-state index in [-0.39, 0.29) is 5.91 Å². The summed E-state index contributed by atoms with van der Waals surface area (Å²) in [5, 5.41) is 6.44. The van der Waals surface area contributed by atoms with Gasteiger partial charge in [-0.1, -0.05) is 31.9 Å². The average molecular weight is 286 g/mol. The summed E-state index contributed by atoms with van der Waals surface area (Å²) >= 11 is 0. The monoisotopic (exact) mass is 286 g/mol. The smallest absolute Gasteiger partial charge is 0.251 e. The molecule has 1 unspecified atom stereocenters. The fourth-order valence-electron chi connectivity index (χ4n) is 3.92. The van der Waals surface area contributed by atoms with Crippen molar-refractivity contribution in [3.8, 4) is 0 Å². The Morgan fingerprint density at radius 3 is 2.71 bits per heavy atom. The molecular formula is C18H26N2O. The van der Waals surface area contributed by atoms with Crippen molar-refractivity contribution >= 4 is 5.91 Å². The standard InChI is InChI=1S/C18H26N2O/c1-12-3-5-14(6-4-12)17(19-2)15-8-7-13-9-10-20-18(21)16(13)11-15/h7-8,11-12,14,17,19H,3-6,9-10H2,1-2H3,(H,20,21). The van der Waals surface area contributed by atoms with Crippen LogP contribution in [0.1, 0.15) is 60.1 Å². The molecule has 2 N–H and O–H groups in total. The summed E-state index contributed by atoms with van der Waals surface area (Å²) in [6.07, 6.45) is 6.18. The maximum absolute atomic E-state index is 12.0. The van der Waals surface area contributed by atoms with Crippen molar-refractivity contribution in [1.82, 2.24) is 10.6 Å². The number of fused-ring (bicyclic) bond motifs is 1. The highest BCUT2D eigenvalue weighted by Crippen LogP contribution is 2.37. The van der Waals surface area contributed by atoms with Crippen LogP contribution in [0.3, 0.4) is 0 Å². The Kier molecular flexibility index (Phi) is 4.29. The zero-order chi connectivity index (χ0) is 14.8. The SMILES string of the molecule is CNC(c1ccc2c(c1)C(=O)NCC2)C1CCC(C)CC1. The van der Waals surface area contributed by atoms with Gasteiger partial charge in [0, 0.05) is 18.2 Å². The first kappa shape index (κ1) is 14.6. The van der Waals surface area contributed by atoms with Crippen molar-refractivity contribution in [1.29, 1.82) is 0 Å². The Bertz CT molecular complexity index is 518. The zero-order valence-electron chi connectivity index (χ0n) is 13.1. The molecular weight excluding hydrogens is 260 g/mol. The van der Waals surface area contributed by atoms with Crippen LogP contribution in [-0.2, 0) is 6.42 Å². The molecule has 3 nitrogen and oxygen atoms in total. The number of benzene rings is 1. The lowest BCUT2D eigenvalue weighted by Crippen LogP contribution is -2.33. The second-order valence-corrected chi connectivity index (χ2v) is 6.71. The first-order chi connectivity index (χ1) is 10.2. The van der Waals surface area contributed by atoms with Crippen LogP contribution in [0.4, 0.5) is 0 Å². The van der Waals surface area contributed by atoms with E-state index in [1.807, 2.05) is 7.05 Å². The predicted molar refractivity (Wildman–Crippen MR) is 85.4 cm³/mol. The summed E-state index contributed by atoms with van der Waals surface area (Å²) in [6, 6.07) is 6.86. The van der Waals surface area contributed by atoms with E-state index in [4.69, 9.17) is 0 Å². The number of hydrogen-bond donors (Lipinski definition) is 2. The molecule has 3 heteroatoms. The lowest BCUT2D eigenvalue weighted by atomic mass is 9.77. The van der Waals surface area contributed by atoms with Crippen molar-refractivity contribution in [3.63, 3.8) is 0 Å². The van der Waals surface area contributed by atoms with Gasteiger partial charge < -0.3 is 10.6 Å². The van der Waals surface area contributed by atoms with Crippen LogP contribution in [0, 0.1) is 11.8 Å². The van der Waals surface area contributed by atoms with Crippen LogP contribution in [0.2, 0.25) is 0 Å². The second-order valence-electron chi connectivity index (χ2n) is 6.71.